The summed E-state index contributed by atoms with van der Waals surface area (Å²) < 4.78 is 11.4. The van der Waals surface area contributed by atoms with E-state index in [1.54, 1.807) is 29.3 Å². The summed E-state index contributed by atoms with van der Waals surface area (Å²) in [5.74, 6) is -0.0594. The molecule has 0 bridgehead atoms. The molecule has 3 heterocycles. The SMILES string of the molecule is NC(=O)[C@]1(c2ccccn2)CCCN(C(=O)c2ccccc2OCCN2CCOCC2)C1. The first kappa shape index (κ1) is 22.2. The third kappa shape index (κ3) is 4.76. The van der Waals surface area contributed by atoms with Gasteiger partial charge in [-0.05, 0) is 37.1 Å². The number of likely N-dealkylation sites (tertiary alicyclic amines) is 1. The van der Waals surface area contributed by atoms with E-state index in [2.05, 4.69) is 9.88 Å². The predicted molar refractivity (Wildman–Crippen MR) is 119 cm³/mol. The van der Waals surface area contributed by atoms with Crippen molar-refractivity contribution in [3.63, 3.8) is 0 Å². The van der Waals surface area contributed by atoms with Crippen LogP contribution in [0.5, 0.6) is 5.75 Å². The number of rotatable bonds is 7. The number of nitrogens with zero attached hydrogens (tertiary/aromatic N) is 3. The Bertz CT molecular complexity index is 933. The lowest BCUT2D eigenvalue weighted by atomic mass is 9.76. The van der Waals surface area contributed by atoms with Gasteiger partial charge in [0.25, 0.3) is 5.91 Å². The molecule has 0 aliphatic carbocycles. The number of primary amides is 1. The monoisotopic (exact) mass is 438 g/mol. The van der Waals surface area contributed by atoms with E-state index in [0.717, 1.165) is 32.8 Å². The van der Waals surface area contributed by atoms with Gasteiger partial charge in [0.15, 0.2) is 0 Å². The van der Waals surface area contributed by atoms with Gasteiger partial charge >= 0.3 is 0 Å². The fourth-order valence-corrected chi connectivity index (χ4v) is 4.46. The minimum Gasteiger partial charge on any atom is -0.491 e. The van der Waals surface area contributed by atoms with Crippen molar-refractivity contribution in [3.05, 3.63) is 59.9 Å². The summed E-state index contributed by atoms with van der Waals surface area (Å²) in [7, 11) is 0. The lowest BCUT2D eigenvalue weighted by molar-refractivity contribution is -0.125. The molecule has 2 N–H and O–H groups in total. The summed E-state index contributed by atoms with van der Waals surface area (Å²) in [4.78, 5) is 34.4. The maximum absolute atomic E-state index is 13.5. The van der Waals surface area contributed by atoms with Gasteiger partial charge in [0.05, 0.1) is 24.5 Å². The van der Waals surface area contributed by atoms with E-state index in [1.165, 1.54) is 0 Å². The van der Waals surface area contributed by atoms with Crippen LogP contribution in [0.2, 0.25) is 0 Å². The molecule has 2 saturated heterocycles. The number of hydrogen-bond acceptors (Lipinski definition) is 6. The van der Waals surface area contributed by atoms with Crippen molar-refractivity contribution in [2.75, 3.05) is 52.5 Å². The number of carbonyl (C=O) groups is 2. The number of carbonyl (C=O) groups excluding carboxylic acids is 2. The number of pyridine rings is 1. The molecule has 2 aromatic rings. The minimum absolute atomic E-state index is 0.159. The van der Waals surface area contributed by atoms with Crippen LogP contribution in [0.15, 0.2) is 48.7 Å². The Morgan fingerprint density at radius 2 is 1.88 bits per heavy atom. The van der Waals surface area contributed by atoms with Gasteiger partial charge in [-0.15, -0.1) is 0 Å². The van der Waals surface area contributed by atoms with Crippen LogP contribution in [-0.4, -0.2) is 79.1 Å². The molecule has 0 unspecified atom stereocenters. The van der Waals surface area contributed by atoms with Crippen molar-refractivity contribution in [1.82, 2.24) is 14.8 Å². The minimum atomic E-state index is -0.985. The lowest BCUT2D eigenvalue weighted by Crippen LogP contribution is -2.55. The molecule has 1 aromatic heterocycles. The summed E-state index contributed by atoms with van der Waals surface area (Å²) in [6, 6.07) is 12.7. The lowest BCUT2D eigenvalue weighted by Gasteiger charge is -2.40. The molecule has 0 spiro atoms. The van der Waals surface area contributed by atoms with Crippen LogP contribution in [-0.2, 0) is 14.9 Å². The van der Waals surface area contributed by atoms with Crippen molar-refractivity contribution in [1.29, 1.82) is 0 Å². The Kier molecular flexibility index (Phi) is 7.02. The number of ether oxygens (including phenoxy) is 2. The standard InChI is InChI=1S/C24H30N4O4/c25-23(30)24(21-8-3-4-10-26-21)9-5-11-28(18-24)22(29)19-6-1-2-7-20(19)32-17-14-27-12-15-31-16-13-27/h1-4,6-8,10H,5,9,11-18H2,(H2,25,30)/t24-/m1/s1. The Hall–Kier alpha value is -2.97. The first-order valence-corrected chi connectivity index (χ1v) is 11.1. The number of benzene rings is 1. The summed E-state index contributed by atoms with van der Waals surface area (Å²) in [5.41, 5.74) is 5.97. The van der Waals surface area contributed by atoms with Gasteiger partial charge in [-0.1, -0.05) is 18.2 Å². The van der Waals surface area contributed by atoms with Gasteiger partial charge < -0.3 is 20.1 Å². The number of morpholine rings is 1. The molecule has 2 aliphatic heterocycles. The van der Waals surface area contributed by atoms with E-state index in [9.17, 15) is 9.59 Å². The van der Waals surface area contributed by atoms with Crippen LogP contribution in [0.25, 0.3) is 0 Å². The zero-order valence-electron chi connectivity index (χ0n) is 18.2. The van der Waals surface area contributed by atoms with Crippen molar-refractivity contribution in [2.24, 2.45) is 5.73 Å². The molecule has 1 atom stereocenters. The van der Waals surface area contributed by atoms with Crippen LogP contribution < -0.4 is 10.5 Å². The van der Waals surface area contributed by atoms with E-state index in [-0.39, 0.29) is 12.5 Å². The summed E-state index contributed by atoms with van der Waals surface area (Å²) >= 11 is 0. The maximum atomic E-state index is 13.5. The molecule has 170 valence electrons. The average Bonchev–Trinajstić information content (AvgIpc) is 2.85. The molecular weight excluding hydrogens is 408 g/mol. The number of nitrogens with two attached hydrogens (primary N) is 1. The van der Waals surface area contributed by atoms with Crippen LogP contribution in [0, 0.1) is 0 Å². The van der Waals surface area contributed by atoms with Crippen LogP contribution in [0.4, 0.5) is 0 Å². The molecule has 32 heavy (non-hydrogen) atoms. The highest BCUT2D eigenvalue weighted by atomic mass is 16.5. The summed E-state index contributed by atoms with van der Waals surface area (Å²) in [6.45, 7) is 5.29. The zero-order chi connectivity index (χ0) is 22.4. The van der Waals surface area contributed by atoms with Crippen molar-refractivity contribution in [2.45, 2.75) is 18.3 Å². The van der Waals surface area contributed by atoms with E-state index >= 15 is 0 Å². The third-order valence-corrected chi connectivity index (χ3v) is 6.29. The molecular formula is C24H30N4O4. The number of para-hydroxylation sites is 1. The topological polar surface area (TPSA) is 98.0 Å². The molecule has 4 rings (SSSR count). The first-order chi connectivity index (χ1) is 15.6. The van der Waals surface area contributed by atoms with E-state index in [1.807, 2.05) is 24.3 Å². The predicted octanol–water partition coefficient (Wildman–Crippen LogP) is 1.45. The highest BCUT2D eigenvalue weighted by molar-refractivity contribution is 5.98. The van der Waals surface area contributed by atoms with Gasteiger partial charge in [-0.3, -0.25) is 19.5 Å². The normalized spacial score (nSPS) is 21.8. The Morgan fingerprint density at radius 3 is 2.62 bits per heavy atom. The van der Waals surface area contributed by atoms with E-state index < -0.39 is 11.3 Å². The molecule has 2 aliphatic rings. The highest BCUT2D eigenvalue weighted by Gasteiger charge is 2.45. The number of amides is 2. The van der Waals surface area contributed by atoms with Gasteiger partial charge in [0.1, 0.15) is 17.8 Å². The van der Waals surface area contributed by atoms with Crippen LogP contribution in [0.3, 0.4) is 0 Å². The highest BCUT2D eigenvalue weighted by Crippen LogP contribution is 2.34. The van der Waals surface area contributed by atoms with Crippen molar-refractivity contribution >= 4 is 11.8 Å². The Morgan fingerprint density at radius 1 is 1.09 bits per heavy atom. The molecule has 1 aromatic carbocycles. The Balaban J connectivity index is 1.48. The van der Waals surface area contributed by atoms with Gasteiger partial charge in [0, 0.05) is 38.9 Å². The summed E-state index contributed by atoms with van der Waals surface area (Å²) in [5, 5.41) is 0. The zero-order valence-corrected chi connectivity index (χ0v) is 18.2. The molecule has 2 amide bonds. The third-order valence-electron chi connectivity index (χ3n) is 6.29. The van der Waals surface area contributed by atoms with Crippen molar-refractivity contribution < 1.29 is 19.1 Å². The Labute approximate surface area is 188 Å². The molecule has 8 heteroatoms. The number of aromatic nitrogens is 1. The number of piperidine rings is 1. The average molecular weight is 439 g/mol. The quantitative estimate of drug-likeness (QED) is 0.703. The van der Waals surface area contributed by atoms with Crippen LogP contribution >= 0.6 is 0 Å². The van der Waals surface area contributed by atoms with Crippen LogP contribution in [0.1, 0.15) is 28.9 Å². The first-order valence-electron chi connectivity index (χ1n) is 11.1. The molecule has 2 fully saturated rings. The molecule has 0 radical (unpaired) electrons. The fraction of sp³-hybridized carbons (Fsp3) is 0.458. The van der Waals surface area contributed by atoms with Gasteiger partial charge in [-0.25, -0.2) is 0 Å². The maximum Gasteiger partial charge on any atom is 0.257 e. The second kappa shape index (κ2) is 10.1. The second-order valence-corrected chi connectivity index (χ2v) is 8.29. The van der Waals surface area contributed by atoms with Gasteiger partial charge in [-0.2, -0.15) is 0 Å². The van der Waals surface area contributed by atoms with E-state index in [4.69, 9.17) is 15.2 Å². The largest absolute Gasteiger partial charge is 0.491 e. The smallest absolute Gasteiger partial charge is 0.257 e. The van der Waals surface area contributed by atoms with E-state index in [0.29, 0.717) is 43.0 Å². The van der Waals surface area contributed by atoms with Crippen molar-refractivity contribution in [3.8, 4) is 5.75 Å². The fourth-order valence-electron chi connectivity index (χ4n) is 4.46. The number of hydrogen-bond donors (Lipinski definition) is 1. The van der Waals surface area contributed by atoms with Gasteiger partial charge in [0.2, 0.25) is 5.91 Å². The molecule has 0 saturated carbocycles. The summed E-state index contributed by atoms with van der Waals surface area (Å²) in [6.07, 6.45) is 2.89. The second-order valence-electron chi connectivity index (χ2n) is 8.29. The molecule has 8 nitrogen and oxygen atoms in total.